The Bertz CT molecular complexity index is 891. The average Bonchev–Trinajstić information content (AvgIpc) is 3.32. The average molecular weight is 359 g/mol. The molecular formula is C20H23F2N3O. The van der Waals surface area contributed by atoms with Crippen LogP contribution in [0.3, 0.4) is 0 Å². The molecule has 1 aromatic carbocycles. The lowest BCUT2D eigenvalue weighted by Crippen LogP contribution is -2.55. The first kappa shape index (κ1) is 16.2. The number of fused-ring (bicyclic) bond motifs is 3. The lowest BCUT2D eigenvalue weighted by atomic mass is 9.75. The minimum atomic E-state index is -2.76. The number of hydrogen-bond acceptors (Lipinski definition) is 2. The Kier molecular flexibility index (Phi) is 3.45. The van der Waals surface area contributed by atoms with E-state index in [1.807, 2.05) is 24.3 Å². The summed E-state index contributed by atoms with van der Waals surface area (Å²) in [7, 11) is 0. The smallest absolute Gasteiger partial charge is 0.267 e. The Morgan fingerprint density at radius 1 is 1.15 bits per heavy atom. The summed E-state index contributed by atoms with van der Waals surface area (Å²) in [6.45, 7) is 1.84. The summed E-state index contributed by atoms with van der Waals surface area (Å²) < 4.78 is 31.5. The minimum absolute atomic E-state index is 0.0666. The molecule has 1 unspecified atom stereocenters. The number of likely N-dealkylation sites (tertiary alicyclic amines) is 1. The highest BCUT2D eigenvalue weighted by Crippen LogP contribution is 2.48. The zero-order valence-corrected chi connectivity index (χ0v) is 14.7. The van der Waals surface area contributed by atoms with Crippen molar-refractivity contribution in [2.24, 2.45) is 5.41 Å². The van der Waals surface area contributed by atoms with E-state index in [1.165, 1.54) is 0 Å². The van der Waals surface area contributed by atoms with E-state index in [4.69, 9.17) is 0 Å². The quantitative estimate of drug-likeness (QED) is 0.850. The van der Waals surface area contributed by atoms with Crippen molar-refractivity contribution in [1.82, 2.24) is 14.8 Å². The maximum atomic E-state index is 14.6. The molecular weight excluding hydrogens is 336 g/mol. The fourth-order valence-corrected chi connectivity index (χ4v) is 5.16. The van der Waals surface area contributed by atoms with Crippen molar-refractivity contribution in [2.45, 2.75) is 38.2 Å². The van der Waals surface area contributed by atoms with Crippen LogP contribution in [0.1, 0.15) is 35.3 Å². The van der Waals surface area contributed by atoms with E-state index in [0.29, 0.717) is 25.9 Å². The van der Waals surface area contributed by atoms with E-state index < -0.39 is 11.3 Å². The van der Waals surface area contributed by atoms with Gasteiger partial charge in [-0.1, -0.05) is 18.2 Å². The molecule has 1 spiro atoms. The number of hydrogen-bond donors (Lipinski definition) is 1. The van der Waals surface area contributed by atoms with Crippen LogP contribution in [0.4, 0.5) is 8.78 Å². The topological polar surface area (TPSA) is 37.3 Å². The van der Waals surface area contributed by atoms with Crippen molar-refractivity contribution in [2.75, 3.05) is 26.2 Å². The summed E-state index contributed by atoms with van der Waals surface area (Å²) in [4.78, 5) is 15.1. The van der Waals surface area contributed by atoms with Gasteiger partial charge in [0.05, 0.1) is 17.5 Å². The number of carbonyl (C=O) groups is 1. The second-order valence-corrected chi connectivity index (χ2v) is 7.98. The number of benzene rings is 1. The van der Waals surface area contributed by atoms with Gasteiger partial charge in [-0.3, -0.25) is 4.79 Å². The number of halogens is 2. The Morgan fingerprint density at radius 3 is 2.85 bits per heavy atom. The van der Waals surface area contributed by atoms with Crippen LogP contribution in [0.5, 0.6) is 0 Å². The monoisotopic (exact) mass is 359 g/mol. The van der Waals surface area contributed by atoms with Gasteiger partial charge in [0.2, 0.25) is 0 Å². The molecule has 0 bridgehead atoms. The number of para-hydroxylation sites is 1. The summed E-state index contributed by atoms with van der Waals surface area (Å²) >= 11 is 0. The molecule has 0 saturated carbocycles. The molecule has 1 aromatic heterocycles. The molecule has 6 heteroatoms. The predicted molar refractivity (Wildman–Crippen MR) is 95.6 cm³/mol. The first-order valence-electron chi connectivity index (χ1n) is 9.50. The van der Waals surface area contributed by atoms with Crippen molar-refractivity contribution in [1.29, 1.82) is 0 Å². The lowest BCUT2D eigenvalue weighted by Gasteiger charge is -2.41. The molecule has 138 valence electrons. The van der Waals surface area contributed by atoms with E-state index in [1.54, 1.807) is 4.90 Å². The van der Waals surface area contributed by atoms with Gasteiger partial charge in [-0.25, -0.2) is 8.78 Å². The zero-order valence-electron chi connectivity index (χ0n) is 14.7. The highest BCUT2D eigenvalue weighted by molar-refractivity contribution is 6.08. The standard InChI is InChI=1S/C20H23F2N3O/c21-20(22)12-23-9-7-19(20)8-11-24(13-19)18(26)17-14-4-1-2-5-15(14)25-10-3-6-16(17)25/h1-2,4-5,23H,3,6-13H2. The van der Waals surface area contributed by atoms with E-state index in [9.17, 15) is 13.6 Å². The molecule has 4 heterocycles. The number of carbonyl (C=O) groups excluding carboxylic acids is 1. The first-order chi connectivity index (χ1) is 12.5. The van der Waals surface area contributed by atoms with Gasteiger partial charge in [0.25, 0.3) is 11.8 Å². The van der Waals surface area contributed by atoms with E-state index in [0.717, 1.165) is 41.5 Å². The third kappa shape index (κ3) is 2.11. The summed E-state index contributed by atoms with van der Waals surface area (Å²) in [5.41, 5.74) is 1.85. The van der Waals surface area contributed by atoms with Gasteiger partial charge in [-0.05, 0) is 38.3 Å². The number of nitrogens with one attached hydrogen (secondary N) is 1. The van der Waals surface area contributed by atoms with E-state index in [-0.39, 0.29) is 19.0 Å². The number of alkyl halides is 2. The molecule has 5 rings (SSSR count). The van der Waals surface area contributed by atoms with Crippen molar-refractivity contribution in [3.8, 4) is 0 Å². The molecule has 26 heavy (non-hydrogen) atoms. The fourth-order valence-electron chi connectivity index (χ4n) is 5.16. The first-order valence-corrected chi connectivity index (χ1v) is 9.50. The zero-order chi connectivity index (χ0) is 17.9. The molecule has 2 aromatic rings. The molecule has 0 aliphatic carbocycles. The summed E-state index contributed by atoms with van der Waals surface area (Å²) in [6, 6.07) is 7.97. The van der Waals surface area contributed by atoms with Gasteiger partial charge in [0.15, 0.2) is 0 Å². The fraction of sp³-hybridized carbons (Fsp3) is 0.550. The normalized spacial score (nSPS) is 27.4. The maximum absolute atomic E-state index is 14.6. The Balaban J connectivity index is 1.52. The van der Waals surface area contributed by atoms with Crippen LogP contribution in [-0.2, 0) is 13.0 Å². The Labute approximate surface area is 151 Å². The molecule has 1 amide bonds. The van der Waals surface area contributed by atoms with Crippen LogP contribution in [0.25, 0.3) is 10.9 Å². The summed E-state index contributed by atoms with van der Waals surface area (Å²) in [6.07, 6.45) is 2.74. The Hall–Kier alpha value is -1.95. The van der Waals surface area contributed by atoms with Crippen LogP contribution in [0, 0.1) is 5.41 Å². The molecule has 2 saturated heterocycles. The van der Waals surface area contributed by atoms with Gasteiger partial charge >= 0.3 is 0 Å². The molecule has 1 N–H and O–H groups in total. The molecule has 1 atom stereocenters. The van der Waals surface area contributed by atoms with Crippen molar-refractivity contribution >= 4 is 16.8 Å². The SMILES string of the molecule is O=C(c1c2n(c3ccccc13)CCC2)N1CCC2(CCNCC2(F)F)C1. The molecule has 4 nitrogen and oxygen atoms in total. The number of amides is 1. The van der Waals surface area contributed by atoms with Crippen molar-refractivity contribution in [3.05, 3.63) is 35.5 Å². The number of rotatable bonds is 1. The minimum Gasteiger partial charge on any atom is -0.344 e. The summed E-state index contributed by atoms with van der Waals surface area (Å²) in [5, 5.41) is 3.76. The van der Waals surface area contributed by atoms with Crippen LogP contribution in [0.15, 0.2) is 24.3 Å². The third-order valence-corrected chi connectivity index (χ3v) is 6.63. The number of nitrogens with zero attached hydrogens (tertiary/aromatic N) is 2. The molecule has 2 fully saturated rings. The number of piperidine rings is 1. The largest absolute Gasteiger partial charge is 0.344 e. The Morgan fingerprint density at radius 2 is 2.00 bits per heavy atom. The lowest BCUT2D eigenvalue weighted by molar-refractivity contribution is -0.131. The number of aromatic nitrogens is 1. The van der Waals surface area contributed by atoms with Gasteiger partial charge in [0, 0.05) is 36.2 Å². The number of aryl methyl sites for hydroxylation is 1. The highest BCUT2D eigenvalue weighted by Gasteiger charge is 2.58. The van der Waals surface area contributed by atoms with Crippen LogP contribution in [-0.4, -0.2) is 47.5 Å². The van der Waals surface area contributed by atoms with E-state index in [2.05, 4.69) is 9.88 Å². The molecule has 3 aliphatic rings. The predicted octanol–water partition coefficient (Wildman–Crippen LogP) is 3.05. The second-order valence-electron chi connectivity index (χ2n) is 7.98. The van der Waals surface area contributed by atoms with Crippen molar-refractivity contribution < 1.29 is 13.6 Å². The van der Waals surface area contributed by atoms with E-state index >= 15 is 0 Å². The summed E-state index contributed by atoms with van der Waals surface area (Å²) in [5.74, 6) is -2.83. The third-order valence-electron chi connectivity index (χ3n) is 6.63. The van der Waals surface area contributed by atoms with Gasteiger partial charge in [-0.2, -0.15) is 0 Å². The highest BCUT2D eigenvalue weighted by atomic mass is 19.3. The van der Waals surface area contributed by atoms with Gasteiger partial charge < -0.3 is 14.8 Å². The molecule has 0 radical (unpaired) electrons. The van der Waals surface area contributed by atoms with Gasteiger partial charge in [0.1, 0.15) is 0 Å². The van der Waals surface area contributed by atoms with Crippen LogP contribution in [0.2, 0.25) is 0 Å². The molecule has 3 aliphatic heterocycles. The van der Waals surface area contributed by atoms with Crippen LogP contribution < -0.4 is 5.32 Å². The van der Waals surface area contributed by atoms with Crippen molar-refractivity contribution in [3.63, 3.8) is 0 Å². The van der Waals surface area contributed by atoms with Gasteiger partial charge in [-0.15, -0.1) is 0 Å². The second kappa shape index (κ2) is 5.52. The maximum Gasteiger partial charge on any atom is 0.267 e. The van der Waals surface area contributed by atoms with Crippen LogP contribution >= 0.6 is 0 Å².